The largest absolute Gasteiger partial charge is 0.444 e. The van der Waals surface area contributed by atoms with E-state index in [0.29, 0.717) is 6.54 Å². The maximum absolute atomic E-state index is 12.9. The van der Waals surface area contributed by atoms with E-state index in [4.69, 9.17) is 19.4 Å². The third-order valence-corrected chi connectivity index (χ3v) is 9.69. The molecule has 3 unspecified atom stereocenters. The van der Waals surface area contributed by atoms with Crippen LogP contribution in [0.15, 0.2) is 48.7 Å². The van der Waals surface area contributed by atoms with Gasteiger partial charge in [0.05, 0.1) is 29.3 Å². The number of alkyl carbamates (subject to hydrolysis) is 1. The van der Waals surface area contributed by atoms with Crippen molar-refractivity contribution in [3.63, 3.8) is 0 Å². The van der Waals surface area contributed by atoms with Crippen molar-refractivity contribution >= 4 is 12.2 Å². The molecule has 1 saturated carbocycles. The Bertz CT molecular complexity index is 1840. The molecule has 1 saturated heterocycles. The molecule has 2 amide bonds. The third kappa shape index (κ3) is 7.09. The van der Waals surface area contributed by atoms with Crippen molar-refractivity contribution in [1.82, 2.24) is 30.2 Å². The number of aromatic amines is 2. The zero-order valence-corrected chi connectivity index (χ0v) is 29.5. The first-order valence-electron chi connectivity index (χ1n) is 17.7. The quantitative estimate of drug-likeness (QED) is 0.197. The van der Waals surface area contributed by atoms with E-state index in [2.05, 4.69) is 57.7 Å². The molecule has 49 heavy (non-hydrogen) atoms. The molecule has 1 aliphatic heterocycles. The Morgan fingerprint density at radius 3 is 2.33 bits per heavy atom. The number of hydrogen-bond acceptors (Lipinski definition) is 6. The normalized spacial score (nSPS) is 20.5. The first-order valence-corrected chi connectivity index (χ1v) is 17.7. The fourth-order valence-corrected chi connectivity index (χ4v) is 7.49. The second-order valence-electron chi connectivity index (χ2n) is 15.7. The average Bonchev–Trinajstić information content (AvgIpc) is 3.84. The van der Waals surface area contributed by atoms with Crippen molar-refractivity contribution in [3.8, 4) is 33.6 Å². The molecule has 2 aliphatic carbocycles. The fourth-order valence-electron chi connectivity index (χ4n) is 7.49. The van der Waals surface area contributed by atoms with Gasteiger partial charge in [0.25, 0.3) is 0 Å². The minimum absolute atomic E-state index is 0.000650. The molecular formula is C39H48N6O4. The molecule has 2 aromatic carbocycles. The number of carbonyl (C=O) groups excluding carboxylic acids is 2. The molecule has 3 heterocycles. The summed E-state index contributed by atoms with van der Waals surface area (Å²) in [6, 6.07) is 15.2. The Balaban J connectivity index is 1.04. The molecular weight excluding hydrogens is 616 g/mol. The van der Waals surface area contributed by atoms with Gasteiger partial charge in [0, 0.05) is 24.1 Å². The van der Waals surface area contributed by atoms with E-state index < -0.39 is 11.2 Å². The van der Waals surface area contributed by atoms with Crippen LogP contribution in [-0.4, -0.2) is 60.8 Å². The summed E-state index contributed by atoms with van der Waals surface area (Å²) in [5.41, 5.74) is 7.90. The fraction of sp³-hybridized carbons (Fsp3) is 0.487. The average molecular weight is 665 g/mol. The molecule has 0 spiro atoms. The second kappa shape index (κ2) is 12.7. The number of hydrogen-bond donors (Lipinski definition) is 3. The monoisotopic (exact) mass is 664 g/mol. The molecule has 10 heteroatoms. The summed E-state index contributed by atoms with van der Waals surface area (Å²) in [7, 11) is 0. The van der Waals surface area contributed by atoms with Gasteiger partial charge in [-0.05, 0) is 102 Å². The summed E-state index contributed by atoms with van der Waals surface area (Å²) in [6.07, 6.45) is 7.74. The predicted molar refractivity (Wildman–Crippen MR) is 189 cm³/mol. The molecule has 3 atom stereocenters. The van der Waals surface area contributed by atoms with Crippen molar-refractivity contribution in [1.29, 1.82) is 0 Å². The Morgan fingerprint density at radius 2 is 1.57 bits per heavy atom. The Kier molecular flexibility index (Phi) is 8.53. The lowest BCUT2D eigenvalue weighted by atomic mass is 9.89. The number of aryl methyl sites for hydroxylation is 2. The van der Waals surface area contributed by atoms with Crippen LogP contribution in [0.3, 0.4) is 0 Å². The predicted octanol–water partition coefficient (Wildman–Crippen LogP) is 8.47. The first-order chi connectivity index (χ1) is 23.3. The molecule has 3 N–H and O–H groups in total. The summed E-state index contributed by atoms with van der Waals surface area (Å²) in [4.78, 5) is 44.1. The van der Waals surface area contributed by atoms with Crippen LogP contribution in [0.4, 0.5) is 9.59 Å². The van der Waals surface area contributed by atoms with Gasteiger partial charge in [0.15, 0.2) is 0 Å². The number of ether oxygens (including phenoxy) is 2. The van der Waals surface area contributed by atoms with Gasteiger partial charge in [0.2, 0.25) is 0 Å². The number of likely N-dealkylation sites (tertiary alicyclic amines) is 1. The Labute approximate surface area is 288 Å². The lowest BCUT2D eigenvalue weighted by molar-refractivity contribution is 0.0218. The standard InChI is InChI=1S/C39H48N6O4/c1-38(2,3)48-36(46)43-29-10-7-9-28(29)34-40-22-31(42-34)24-14-12-23(13-15-24)25-16-18-27-26(21-25)17-19-30-33(27)44-35(41-30)32-11-8-20-45(32)37(47)49-39(4,5)6/h12-16,18,21-22,28-29,32H,7-11,17,19-20H2,1-6H3,(H,40,42)(H,41,44)(H,43,46). The van der Waals surface area contributed by atoms with Gasteiger partial charge in [-0.25, -0.2) is 19.6 Å². The van der Waals surface area contributed by atoms with E-state index in [-0.39, 0.29) is 30.2 Å². The molecule has 258 valence electrons. The van der Waals surface area contributed by atoms with E-state index in [1.54, 1.807) is 0 Å². The highest BCUT2D eigenvalue weighted by molar-refractivity contribution is 5.76. The maximum atomic E-state index is 12.9. The number of nitrogens with one attached hydrogen (secondary N) is 3. The highest BCUT2D eigenvalue weighted by atomic mass is 16.6. The van der Waals surface area contributed by atoms with Crippen LogP contribution in [0.25, 0.3) is 33.6 Å². The lowest BCUT2D eigenvalue weighted by Crippen LogP contribution is -2.40. The number of carbonyl (C=O) groups is 2. The minimum atomic E-state index is -0.533. The van der Waals surface area contributed by atoms with Crippen molar-refractivity contribution in [2.75, 3.05) is 6.54 Å². The number of nitrogens with zero attached hydrogens (tertiary/aromatic N) is 3. The van der Waals surface area contributed by atoms with Gasteiger partial charge < -0.3 is 24.8 Å². The molecule has 3 aliphatic rings. The van der Waals surface area contributed by atoms with Crippen LogP contribution in [-0.2, 0) is 22.3 Å². The van der Waals surface area contributed by atoms with Crippen LogP contribution in [0.5, 0.6) is 0 Å². The number of aromatic nitrogens is 4. The number of imidazole rings is 2. The van der Waals surface area contributed by atoms with Crippen molar-refractivity contribution in [3.05, 3.63) is 71.6 Å². The zero-order valence-electron chi connectivity index (χ0n) is 29.5. The Morgan fingerprint density at radius 1 is 0.837 bits per heavy atom. The topological polar surface area (TPSA) is 125 Å². The summed E-state index contributed by atoms with van der Waals surface area (Å²) >= 11 is 0. The van der Waals surface area contributed by atoms with E-state index >= 15 is 0 Å². The first kappa shape index (κ1) is 32.9. The zero-order chi connectivity index (χ0) is 34.5. The SMILES string of the molecule is CC(C)(C)OC(=O)NC1CCCC1c1ncc(-c2ccc(-c3ccc4c(c3)CCc3nc(C5CCCN5C(=O)OC(C)(C)C)[nH]c3-4)cc2)[nH]1. The summed E-state index contributed by atoms with van der Waals surface area (Å²) < 4.78 is 11.2. The smallest absolute Gasteiger partial charge is 0.410 e. The molecule has 4 aromatic rings. The van der Waals surface area contributed by atoms with Gasteiger partial charge >= 0.3 is 12.2 Å². The molecule has 10 nitrogen and oxygen atoms in total. The highest BCUT2D eigenvalue weighted by Gasteiger charge is 2.36. The van der Waals surface area contributed by atoms with Gasteiger partial charge in [-0.1, -0.05) is 48.9 Å². The van der Waals surface area contributed by atoms with Crippen LogP contribution in [0, 0.1) is 0 Å². The van der Waals surface area contributed by atoms with Gasteiger partial charge in [-0.3, -0.25) is 4.90 Å². The lowest BCUT2D eigenvalue weighted by Gasteiger charge is -2.27. The summed E-state index contributed by atoms with van der Waals surface area (Å²) in [6.45, 7) is 12.0. The summed E-state index contributed by atoms with van der Waals surface area (Å²) in [5, 5.41) is 3.07. The highest BCUT2D eigenvalue weighted by Crippen LogP contribution is 2.39. The van der Waals surface area contributed by atoms with Crippen molar-refractivity contribution in [2.24, 2.45) is 0 Å². The number of fused-ring (bicyclic) bond motifs is 3. The van der Waals surface area contributed by atoms with Gasteiger partial charge in [-0.2, -0.15) is 0 Å². The number of rotatable bonds is 5. The molecule has 0 radical (unpaired) electrons. The number of H-pyrrole nitrogens is 2. The Hall–Kier alpha value is -4.60. The van der Waals surface area contributed by atoms with Crippen molar-refractivity contribution in [2.45, 2.75) is 116 Å². The van der Waals surface area contributed by atoms with Gasteiger partial charge in [-0.15, -0.1) is 0 Å². The second-order valence-corrected chi connectivity index (χ2v) is 15.7. The van der Waals surface area contributed by atoms with Crippen LogP contribution in [0.1, 0.15) is 109 Å². The molecule has 2 aromatic heterocycles. The molecule has 0 bridgehead atoms. The maximum Gasteiger partial charge on any atom is 0.410 e. The third-order valence-electron chi connectivity index (χ3n) is 9.69. The summed E-state index contributed by atoms with van der Waals surface area (Å²) in [5.74, 6) is 1.88. The number of amides is 2. The van der Waals surface area contributed by atoms with Crippen molar-refractivity contribution < 1.29 is 19.1 Å². The van der Waals surface area contributed by atoms with E-state index in [1.807, 2.05) is 52.6 Å². The van der Waals surface area contributed by atoms with E-state index in [0.717, 1.165) is 84.8 Å². The van der Waals surface area contributed by atoms with Gasteiger partial charge in [0.1, 0.15) is 22.9 Å². The van der Waals surface area contributed by atoms with Crippen LogP contribution < -0.4 is 5.32 Å². The van der Waals surface area contributed by atoms with Crippen LogP contribution >= 0.6 is 0 Å². The van der Waals surface area contributed by atoms with E-state index in [9.17, 15) is 9.59 Å². The molecule has 2 fully saturated rings. The minimum Gasteiger partial charge on any atom is -0.444 e. The molecule has 7 rings (SSSR count). The van der Waals surface area contributed by atoms with E-state index in [1.165, 1.54) is 16.7 Å². The number of benzene rings is 2. The van der Waals surface area contributed by atoms with Crippen LogP contribution in [0.2, 0.25) is 0 Å².